The molecule has 0 amide bonds. The number of halogens is 3. The minimum Gasteiger partial charge on any atom is -0.439 e. The molecular weight excluding hydrogens is 271 g/mol. The maximum atomic E-state index is 12.5. The summed E-state index contributed by atoms with van der Waals surface area (Å²) in [5.41, 5.74) is 0.108. The van der Waals surface area contributed by atoms with Crippen LogP contribution in [-0.2, 0) is 12.6 Å². The molecule has 0 saturated heterocycles. The van der Waals surface area contributed by atoms with Crippen LogP contribution < -0.4 is 4.74 Å². The summed E-state index contributed by atoms with van der Waals surface area (Å²) in [7, 11) is 0. The van der Waals surface area contributed by atoms with Gasteiger partial charge in [0.05, 0.1) is 5.56 Å². The van der Waals surface area contributed by atoms with Crippen LogP contribution in [0.25, 0.3) is 0 Å². The molecule has 0 aliphatic rings. The maximum absolute atomic E-state index is 12.5. The largest absolute Gasteiger partial charge is 0.439 e. The van der Waals surface area contributed by atoms with E-state index in [1.54, 1.807) is 24.3 Å². The second-order valence-electron chi connectivity index (χ2n) is 4.10. The lowest BCUT2D eigenvalue weighted by atomic mass is 10.1. The van der Waals surface area contributed by atoms with Gasteiger partial charge in [0.1, 0.15) is 5.75 Å². The molecule has 0 aliphatic heterocycles. The molecule has 0 atom stereocenters. The summed E-state index contributed by atoms with van der Waals surface area (Å²) >= 11 is 0. The molecule has 2 rings (SSSR count). The zero-order chi connectivity index (χ0) is 14.6. The van der Waals surface area contributed by atoms with E-state index in [1.165, 1.54) is 0 Å². The summed E-state index contributed by atoms with van der Waals surface area (Å²) < 4.78 is 42.9. The van der Waals surface area contributed by atoms with Gasteiger partial charge in [-0.15, -0.1) is 0 Å². The first kappa shape index (κ1) is 14.3. The highest BCUT2D eigenvalue weighted by Gasteiger charge is 2.30. The number of aliphatic hydroxyl groups excluding tert-OH is 1. The third-order valence-electron chi connectivity index (χ3n) is 2.61. The van der Waals surface area contributed by atoms with E-state index in [0.717, 1.165) is 23.9 Å². The Morgan fingerprint density at radius 3 is 2.40 bits per heavy atom. The first-order valence-corrected chi connectivity index (χ1v) is 5.90. The van der Waals surface area contributed by atoms with Crippen molar-refractivity contribution in [1.82, 2.24) is 4.98 Å². The molecular formula is C14H12F3NO2. The molecule has 1 aromatic carbocycles. The fourth-order valence-electron chi connectivity index (χ4n) is 1.62. The van der Waals surface area contributed by atoms with Gasteiger partial charge in [-0.25, -0.2) is 4.98 Å². The van der Waals surface area contributed by atoms with Crippen molar-refractivity contribution >= 4 is 0 Å². The van der Waals surface area contributed by atoms with Crippen molar-refractivity contribution in [3.63, 3.8) is 0 Å². The van der Waals surface area contributed by atoms with E-state index in [4.69, 9.17) is 9.84 Å². The Labute approximate surface area is 113 Å². The zero-order valence-electron chi connectivity index (χ0n) is 10.4. The number of rotatable bonds is 4. The van der Waals surface area contributed by atoms with E-state index in [-0.39, 0.29) is 12.5 Å². The molecule has 106 valence electrons. The standard InChI is InChI=1S/C14H12F3NO2/c15-14(16,17)11-5-7-18-13(9-11)20-12-3-1-10(2-4-12)6-8-19/h1-5,7,9,19H,6,8H2. The van der Waals surface area contributed by atoms with Crippen LogP contribution in [0.3, 0.4) is 0 Å². The summed E-state index contributed by atoms with van der Waals surface area (Å²) in [6, 6.07) is 8.44. The van der Waals surface area contributed by atoms with Crippen LogP contribution in [0.5, 0.6) is 11.6 Å². The number of hydrogen-bond acceptors (Lipinski definition) is 3. The molecule has 0 saturated carbocycles. The molecule has 1 N–H and O–H groups in total. The minimum atomic E-state index is -4.42. The van der Waals surface area contributed by atoms with Gasteiger partial charge in [-0.3, -0.25) is 0 Å². The number of hydrogen-bond donors (Lipinski definition) is 1. The van der Waals surface area contributed by atoms with Gasteiger partial charge in [0, 0.05) is 18.9 Å². The van der Waals surface area contributed by atoms with Crippen molar-refractivity contribution in [3.8, 4) is 11.6 Å². The van der Waals surface area contributed by atoms with Gasteiger partial charge in [-0.1, -0.05) is 12.1 Å². The van der Waals surface area contributed by atoms with Crippen LogP contribution in [0, 0.1) is 0 Å². The number of ether oxygens (including phenoxy) is 1. The summed E-state index contributed by atoms with van der Waals surface area (Å²) in [5.74, 6) is 0.272. The zero-order valence-corrected chi connectivity index (χ0v) is 10.4. The van der Waals surface area contributed by atoms with Crippen molar-refractivity contribution in [3.05, 3.63) is 53.7 Å². The van der Waals surface area contributed by atoms with Crippen molar-refractivity contribution in [2.45, 2.75) is 12.6 Å². The highest BCUT2D eigenvalue weighted by atomic mass is 19.4. The number of aliphatic hydroxyl groups is 1. The van der Waals surface area contributed by atoms with Gasteiger partial charge in [0.2, 0.25) is 5.88 Å². The monoisotopic (exact) mass is 283 g/mol. The molecule has 0 fully saturated rings. The molecule has 3 nitrogen and oxygen atoms in total. The molecule has 0 radical (unpaired) electrons. The van der Waals surface area contributed by atoms with E-state index in [0.29, 0.717) is 12.2 Å². The lowest BCUT2D eigenvalue weighted by Crippen LogP contribution is -2.05. The Morgan fingerprint density at radius 1 is 1.10 bits per heavy atom. The van der Waals surface area contributed by atoms with E-state index in [2.05, 4.69) is 4.98 Å². The molecule has 20 heavy (non-hydrogen) atoms. The number of nitrogens with zero attached hydrogens (tertiary/aromatic N) is 1. The maximum Gasteiger partial charge on any atom is 0.416 e. The fourth-order valence-corrected chi connectivity index (χ4v) is 1.62. The van der Waals surface area contributed by atoms with Gasteiger partial charge < -0.3 is 9.84 Å². The topological polar surface area (TPSA) is 42.4 Å². The van der Waals surface area contributed by atoms with Gasteiger partial charge in [0.15, 0.2) is 0 Å². The summed E-state index contributed by atoms with van der Waals surface area (Å²) in [5, 5.41) is 8.78. The van der Waals surface area contributed by atoms with Gasteiger partial charge in [0.25, 0.3) is 0 Å². The first-order chi connectivity index (χ1) is 9.49. The fraction of sp³-hybridized carbons (Fsp3) is 0.214. The highest BCUT2D eigenvalue weighted by Crippen LogP contribution is 2.31. The van der Waals surface area contributed by atoms with Crippen molar-refractivity contribution in [2.24, 2.45) is 0 Å². The van der Waals surface area contributed by atoms with E-state index < -0.39 is 11.7 Å². The second kappa shape index (κ2) is 5.92. The highest BCUT2D eigenvalue weighted by molar-refractivity contribution is 5.32. The second-order valence-corrected chi connectivity index (χ2v) is 4.10. The van der Waals surface area contributed by atoms with Crippen LogP contribution in [0.4, 0.5) is 13.2 Å². The first-order valence-electron chi connectivity index (χ1n) is 5.90. The predicted octanol–water partition coefficient (Wildman–Crippen LogP) is 3.43. The van der Waals surface area contributed by atoms with Crippen LogP contribution in [0.1, 0.15) is 11.1 Å². The normalized spacial score (nSPS) is 11.4. The van der Waals surface area contributed by atoms with Gasteiger partial charge >= 0.3 is 6.18 Å². The Morgan fingerprint density at radius 2 is 1.80 bits per heavy atom. The number of benzene rings is 1. The SMILES string of the molecule is OCCc1ccc(Oc2cc(C(F)(F)F)ccn2)cc1. The molecule has 0 spiro atoms. The van der Waals surface area contributed by atoms with E-state index in [9.17, 15) is 13.2 Å². The molecule has 0 bridgehead atoms. The number of pyridine rings is 1. The average Bonchev–Trinajstić information content (AvgIpc) is 2.41. The predicted molar refractivity (Wildman–Crippen MR) is 66.5 cm³/mol. The van der Waals surface area contributed by atoms with Gasteiger partial charge in [-0.05, 0) is 30.2 Å². The Bertz CT molecular complexity index is 567. The van der Waals surface area contributed by atoms with E-state index >= 15 is 0 Å². The molecule has 2 aromatic rings. The van der Waals surface area contributed by atoms with Crippen molar-refractivity contribution < 1.29 is 23.0 Å². The number of aromatic nitrogens is 1. The molecule has 1 heterocycles. The van der Waals surface area contributed by atoms with Crippen LogP contribution in [0.2, 0.25) is 0 Å². The Hall–Kier alpha value is -2.08. The molecule has 1 aromatic heterocycles. The lowest BCUT2D eigenvalue weighted by molar-refractivity contribution is -0.137. The van der Waals surface area contributed by atoms with Crippen molar-refractivity contribution in [1.29, 1.82) is 0 Å². The lowest BCUT2D eigenvalue weighted by Gasteiger charge is -2.09. The van der Waals surface area contributed by atoms with Crippen molar-refractivity contribution in [2.75, 3.05) is 6.61 Å². The van der Waals surface area contributed by atoms with Crippen LogP contribution >= 0.6 is 0 Å². The van der Waals surface area contributed by atoms with Crippen LogP contribution in [-0.4, -0.2) is 16.7 Å². The third kappa shape index (κ3) is 3.71. The minimum absolute atomic E-state index is 0.0371. The Kier molecular flexibility index (Phi) is 4.24. The smallest absolute Gasteiger partial charge is 0.416 e. The quantitative estimate of drug-likeness (QED) is 0.934. The Balaban J connectivity index is 2.13. The summed E-state index contributed by atoms with van der Waals surface area (Å²) in [4.78, 5) is 3.74. The average molecular weight is 283 g/mol. The van der Waals surface area contributed by atoms with Crippen LogP contribution in [0.15, 0.2) is 42.6 Å². The summed E-state index contributed by atoms with van der Waals surface area (Å²) in [6.07, 6.45) is -2.85. The molecule has 6 heteroatoms. The molecule has 0 unspecified atom stereocenters. The third-order valence-corrected chi connectivity index (χ3v) is 2.61. The number of alkyl halides is 3. The molecule has 0 aliphatic carbocycles. The van der Waals surface area contributed by atoms with Gasteiger partial charge in [-0.2, -0.15) is 13.2 Å². The van der Waals surface area contributed by atoms with E-state index in [1.807, 2.05) is 0 Å². The summed E-state index contributed by atoms with van der Waals surface area (Å²) in [6.45, 7) is 0.0371.